The summed E-state index contributed by atoms with van der Waals surface area (Å²) >= 11 is 0. The van der Waals surface area contributed by atoms with Crippen molar-refractivity contribution in [1.29, 1.82) is 0 Å². The van der Waals surface area contributed by atoms with Gasteiger partial charge in [0.15, 0.2) is 0 Å². The van der Waals surface area contributed by atoms with Crippen molar-refractivity contribution in [2.75, 3.05) is 0 Å². The first-order valence-electron chi connectivity index (χ1n) is 3.65. The number of hydrogen-bond acceptors (Lipinski definition) is 0. The van der Waals surface area contributed by atoms with Gasteiger partial charge in [-0.3, -0.25) is 0 Å². The second kappa shape index (κ2) is 8.70. The van der Waals surface area contributed by atoms with E-state index in [4.69, 9.17) is 0 Å². The highest BCUT2D eigenvalue weighted by atomic mass is 13.6. The van der Waals surface area contributed by atoms with E-state index in [0.29, 0.717) is 0 Å². The van der Waals surface area contributed by atoms with Crippen LogP contribution >= 0.6 is 0 Å². The molecular formula is C11H14. The summed E-state index contributed by atoms with van der Waals surface area (Å²) in [5.74, 6) is 0. The van der Waals surface area contributed by atoms with E-state index in [1.54, 1.807) is 6.08 Å². The summed E-state index contributed by atoms with van der Waals surface area (Å²) in [7, 11) is 0. The van der Waals surface area contributed by atoms with E-state index in [9.17, 15) is 0 Å². The lowest BCUT2D eigenvalue weighted by molar-refractivity contribution is 1.72. The molecule has 0 heteroatoms. The third kappa shape index (κ3) is 8.70. The monoisotopic (exact) mass is 146 g/mol. The van der Waals surface area contributed by atoms with Crippen LogP contribution < -0.4 is 0 Å². The quantitative estimate of drug-likeness (QED) is 0.532. The Hall–Kier alpha value is -1.30. The lowest BCUT2D eigenvalue weighted by atomic mass is 10.4. The van der Waals surface area contributed by atoms with E-state index in [1.807, 2.05) is 55.5 Å². The van der Waals surface area contributed by atoms with Crippen LogP contribution in [-0.2, 0) is 0 Å². The molecule has 0 nitrogen and oxygen atoms in total. The van der Waals surface area contributed by atoms with Gasteiger partial charge in [0.1, 0.15) is 0 Å². The molecule has 0 atom stereocenters. The second-order valence-corrected chi connectivity index (χ2v) is 1.92. The van der Waals surface area contributed by atoms with Gasteiger partial charge >= 0.3 is 0 Å². The summed E-state index contributed by atoms with van der Waals surface area (Å²) in [5.41, 5.74) is 0. The fourth-order valence-electron chi connectivity index (χ4n) is 0.521. The summed E-state index contributed by atoms with van der Waals surface area (Å²) in [6, 6.07) is 12.0. The highest BCUT2D eigenvalue weighted by molar-refractivity contribution is 4.99. The Morgan fingerprint density at radius 2 is 1.27 bits per heavy atom. The maximum Gasteiger partial charge on any atom is -0.0467 e. The molecule has 0 aliphatic heterocycles. The van der Waals surface area contributed by atoms with Crippen LogP contribution in [0.15, 0.2) is 61.2 Å². The third-order valence-electron chi connectivity index (χ3n) is 0.995. The third-order valence-corrected chi connectivity index (χ3v) is 0.995. The molecule has 1 aromatic rings. The van der Waals surface area contributed by atoms with E-state index in [2.05, 4.69) is 6.58 Å². The summed E-state index contributed by atoms with van der Waals surface area (Å²) in [6.45, 7) is 5.42. The highest BCUT2D eigenvalue weighted by Crippen LogP contribution is 1.79. The second-order valence-electron chi connectivity index (χ2n) is 1.92. The summed E-state index contributed by atoms with van der Waals surface area (Å²) in [5, 5.41) is 0. The standard InChI is InChI=1S/C6H6.C5H8/c1-2-4-6-5-3-1;1-3-5-4-2/h1-6H;3-5H,1H2,2H3. The molecule has 0 aromatic heterocycles. The summed E-state index contributed by atoms with van der Waals surface area (Å²) in [6.07, 6.45) is 5.58. The van der Waals surface area contributed by atoms with Crippen LogP contribution in [0.3, 0.4) is 0 Å². The van der Waals surface area contributed by atoms with Gasteiger partial charge in [-0.1, -0.05) is 61.2 Å². The first kappa shape index (κ1) is 9.70. The topological polar surface area (TPSA) is 0 Å². The molecule has 0 saturated carbocycles. The Labute approximate surface area is 68.9 Å². The van der Waals surface area contributed by atoms with Gasteiger partial charge in [-0.15, -0.1) is 0 Å². The van der Waals surface area contributed by atoms with E-state index in [1.165, 1.54) is 0 Å². The van der Waals surface area contributed by atoms with Crippen molar-refractivity contribution in [2.24, 2.45) is 0 Å². The molecule has 1 aromatic carbocycles. The Bertz CT molecular complexity index is 158. The maximum atomic E-state index is 3.46. The molecule has 0 aliphatic rings. The van der Waals surface area contributed by atoms with Crippen LogP contribution in [0.4, 0.5) is 0 Å². The molecule has 0 amide bonds. The minimum absolute atomic E-state index is 1.75. The Kier molecular flexibility index (Phi) is 7.67. The van der Waals surface area contributed by atoms with Crippen molar-refractivity contribution in [1.82, 2.24) is 0 Å². The van der Waals surface area contributed by atoms with Crippen LogP contribution in [0.1, 0.15) is 6.92 Å². The first-order chi connectivity index (χ1) is 5.41. The molecule has 0 saturated heterocycles. The van der Waals surface area contributed by atoms with Crippen molar-refractivity contribution >= 4 is 0 Å². The molecule has 0 fully saturated rings. The van der Waals surface area contributed by atoms with Crippen LogP contribution in [0, 0.1) is 0 Å². The molecule has 0 N–H and O–H groups in total. The van der Waals surface area contributed by atoms with E-state index in [0.717, 1.165) is 0 Å². The summed E-state index contributed by atoms with van der Waals surface area (Å²) in [4.78, 5) is 0. The smallest absolute Gasteiger partial charge is 0.0467 e. The fraction of sp³-hybridized carbons (Fsp3) is 0.0909. The zero-order valence-corrected chi connectivity index (χ0v) is 6.90. The van der Waals surface area contributed by atoms with Crippen molar-refractivity contribution in [3.63, 3.8) is 0 Å². The SMILES string of the molecule is C=CC=CC.c1ccccc1. The predicted molar refractivity (Wildman–Crippen MR) is 51.5 cm³/mol. The maximum absolute atomic E-state index is 3.46. The Morgan fingerprint density at radius 3 is 1.36 bits per heavy atom. The lowest BCUT2D eigenvalue weighted by Gasteiger charge is -1.69. The Morgan fingerprint density at radius 1 is 0.909 bits per heavy atom. The molecule has 0 heterocycles. The minimum atomic E-state index is 1.75. The van der Waals surface area contributed by atoms with E-state index >= 15 is 0 Å². The van der Waals surface area contributed by atoms with Crippen LogP contribution in [0.5, 0.6) is 0 Å². The molecule has 0 spiro atoms. The fourth-order valence-corrected chi connectivity index (χ4v) is 0.521. The average molecular weight is 146 g/mol. The van der Waals surface area contributed by atoms with Crippen molar-refractivity contribution in [3.8, 4) is 0 Å². The van der Waals surface area contributed by atoms with Crippen molar-refractivity contribution < 1.29 is 0 Å². The molecule has 0 unspecified atom stereocenters. The Balaban J connectivity index is 0.000000187. The van der Waals surface area contributed by atoms with Gasteiger partial charge in [-0.05, 0) is 6.92 Å². The van der Waals surface area contributed by atoms with Gasteiger partial charge in [0.05, 0.1) is 0 Å². The van der Waals surface area contributed by atoms with Gasteiger partial charge in [-0.2, -0.15) is 0 Å². The van der Waals surface area contributed by atoms with Crippen LogP contribution in [0.2, 0.25) is 0 Å². The van der Waals surface area contributed by atoms with Gasteiger partial charge in [-0.25, -0.2) is 0 Å². The van der Waals surface area contributed by atoms with E-state index < -0.39 is 0 Å². The zero-order valence-electron chi connectivity index (χ0n) is 6.90. The highest BCUT2D eigenvalue weighted by Gasteiger charge is 1.57. The summed E-state index contributed by atoms with van der Waals surface area (Å²) < 4.78 is 0. The van der Waals surface area contributed by atoms with Crippen molar-refractivity contribution in [2.45, 2.75) is 6.92 Å². The molecule has 1 rings (SSSR count). The van der Waals surface area contributed by atoms with Gasteiger partial charge in [0, 0.05) is 0 Å². The van der Waals surface area contributed by atoms with Gasteiger partial charge in [0.25, 0.3) is 0 Å². The molecule has 0 bridgehead atoms. The molecule has 0 aliphatic carbocycles. The first-order valence-corrected chi connectivity index (χ1v) is 3.65. The molecule has 0 radical (unpaired) electrons. The number of rotatable bonds is 1. The zero-order chi connectivity index (χ0) is 8.36. The molecule has 58 valence electrons. The largest absolute Gasteiger partial charge is 0.0991 e. The number of hydrogen-bond donors (Lipinski definition) is 0. The molecule has 11 heavy (non-hydrogen) atoms. The number of benzene rings is 1. The van der Waals surface area contributed by atoms with Crippen LogP contribution in [-0.4, -0.2) is 0 Å². The van der Waals surface area contributed by atoms with Crippen LogP contribution in [0.25, 0.3) is 0 Å². The number of allylic oxidation sites excluding steroid dienone is 3. The van der Waals surface area contributed by atoms with E-state index in [-0.39, 0.29) is 0 Å². The van der Waals surface area contributed by atoms with Gasteiger partial charge in [0.2, 0.25) is 0 Å². The normalized spacial score (nSPS) is 8.45. The average Bonchev–Trinajstić information content (AvgIpc) is 2.10. The lowest BCUT2D eigenvalue weighted by Crippen LogP contribution is -1.47. The predicted octanol–water partition coefficient (Wildman–Crippen LogP) is 3.44. The van der Waals surface area contributed by atoms with Crippen molar-refractivity contribution in [3.05, 3.63) is 61.2 Å². The molecular weight excluding hydrogens is 132 g/mol. The van der Waals surface area contributed by atoms with Gasteiger partial charge < -0.3 is 0 Å². The minimum Gasteiger partial charge on any atom is -0.0991 e.